The van der Waals surface area contributed by atoms with Gasteiger partial charge in [-0.15, -0.1) is 0 Å². The number of piperidine rings is 1. The number of likely N-dealkylation sites (tertiary alicyclic amines) is 1. The van der Waals surface area contributed by atoms with Crippen LogP contribution in [0.3, 0.4) is 0 Å². The second kappa shape index (κ2) is 8.28. The molecule has 0 aromatic heterocycles. The van der Waals surface area contributed by atoms with Crippen molar-refractivity contribution in [1.82, 2.24) is 9.21 Å². The minimum absolute atomic E-state index is 0.0373. The van der Waals surface area contributed by atoms with E-state index in [4.69, 9.17) is 0 Å². The fourth-order valence-electron chi connectivity index (χ4n) is 4.49. The molecule has 2 saturated heterocycles. The van der Waals surface area contributed by atoms with Gasteiger partial charge in [0.15, 0.2) is 0 Å². The monoisotopic (exact) mass is 412 g/mol. The zero-order chi connectivity index (χ0) is 20.4. The number of benzene rings is 2. The number of amides is 1. The lowest BCUT2D eigenvalue weighted by molar-refractivity contribution is -0.135. The van der Waals surface area contributed by atoms with Gasteiger partial charge in [0, 0.05) is 19.6 Å². The van der Waals surface area contributed by atoms with Gasteiger partial charge in [0.2, 0.25) is 15.9 Å². The van der Waals surface area contributed by atoms with Crippen LogP contribution in [0.15, 0.2) is 59.5 Å². The lowest BCUT2D eigenvalue weighted by atomic mass is 9.89. The van der Waals surface area contributed by atoms with E-state index in [2.05, 4.69) is 24.3 Å². The maximum absolute atomic E-state index is 13.2. The number of carbonyl (C=O) groups excluding carboxylic acids is 1. The highest BCUT2D eigenvalue weighted by atomic mass is 32.2. The molecule has 154 valence electrons. The molecule has 0 aliphatic carbocycles. The van der Waals surface area contributed by atoms with E-state index in [-0.39, 0.29) is 10.8 Å². The van der Waals surface area contributed by atoms with E-state index in [1.54, 1.807) is 24.3 Å². The molecular weight excluding hydrogens is 384 g/mol. The summed E-state index contributed by atoms with van der Waals surface area (Å²) < 4.78 is 27.7. The van der Waals surface area contributed by atoms with Crippen molar-refractivity contribution >= 4 is 15.9 Å². The number of hydrogen-bond donors (Lipinski definition) is 0. The highest BCUT2D eigenvalue weighted by Crippen LogP contribution is 2.31. The van der Waals surface area contributed by atoms with Crippen molar-refractivity contribution in [2.45, 2.75) is 49.5 Å². The molecule has 6 heteroatoms. The maximum atomic E-state index is 13.2. The minimum atomic E-state index is -3.66. The predicted octanol–water partition coefficient (Wildman–Crippen LogP) is 3.55. The topological polar surface area (TPSA) is 57.7 Å². The van der Waals surface area contributed by atoms with Gasteiger partial charge in [0.1, 0.15) is 6.04 Å². The van der Waals surface area contributed by atoms with Crippen LogP contribution in [-0.2, 0) is 14.8 Å². The van der Waals surface area contributed by atoms with E-state index in [0.717, 1.165) is 24.8 Å². The third kappa shape index (κ3) is 4.09. The third-order valence-electron chi connectivity index (χ3n) is 6.19. The van der Waals surface area contributed by atoms with E-state index in [9.17, 15) is 13.2 Å². The Morgan fingerprint density at radius 1 is 0.897 bits per heavy atom. The first-order valence-electron chi connectivity index (χ1n) is 10.4. The molecule has 2 aliphatic rings. The number of rotatable bonds is 4. The molecular formula is C23H28N2O3S. The summed E-state index contributed by atoms with van der Waals surface area (Å²) >= 11 is 0. The fourth-order valence-corrected chi connectivity index (χ4v) is 6.14. The minimum Gasteiger partial charge on any atom is -0.341 e. The van der Waals surface area contributed by atoms with Crippen molar-refractivity contribution in [2.24, 2.45) is 0 Å². The molecule has 2 heterocycles. The molecule has 0 N–H and O–H groups in total. The Balaban J connectivity index is 1.45. The van der Waals surface area contributed by atoms with E-state index in [1.807, 2.05) is 17.9 Å². The summed E-state index contributed by atoms with van der Waals surface area (Å²) in [5, 5.41) is 0. The number of sulfonamides is 1. The van der Waals surface area contributed by atoms with Crippen LogP contribution in [0.5, 0.6) is 0 Å². The number of hydrogen-bond acceptors (Lipinski definition) is 3. The molecule has 29 heavy (non-hydrogen) atoms. The van der Waals surface area contributed by atoms with Crippen molar-refractivity contribution in [3.05, 3.63) is 65.7 Å². The first-order chi connectivity index (χ1) is 14.0. The van der Waals surface area contributed by atoms with Crippen molar-refractivity contribution in [3.8, 4) is 0 Å². The average molecular weight is 413 g/mol. The molecule has 2 aromatic carbocycles. The van der Waals surface area contributed by atoms with Gasteiger partial charge in [-0.3, -0.25) is 4.79 Å². The van der Waals surface area contributed by atoms with E-state index < -0.39 is 16.1 Å². The molecule has 1 atom stereocenters. The van der Waals surface area contributed by atoms with Crippen molar-refractivity contribution in [3.63, 3.8) is 0 Å². The van der Waals surface area contributed by atoms with Gasteiger partial charge in [-0.2, -0.15) is 4.31 Å². The molecule has 2 aliphatic heterocycles. The predicted molar refractivity (Wildman–Crippen MR) is 113 cm³/mol. The smallest absolute Gasteiger partial charge is 0.243 e. The summed E-state index contributed by atoms with van der Waals surface area (Å²) in [6, 6.07) is 16.7. The SMILES string of the molecule is Cc1ccc(S(=O)(=O)N2CCCC2C(=O)N2CCC(c3ccccc3)CC2)cc1. The lowest BCUT2D eigenvalue weighted by Crippen LogP contribution is -2.49. The second-order valence-corrected chi connectivity index (χ2v) is 9.99. The summed E-state index contributed by atoms with van der Waals surface area (Å²) in [6.45, 7) is 3.71. The standard InChI is InChI=1S/C23H28N2O3S/c1-18-9-11-21(12-10-18)29(27,28)25-15-5-8-22(25)23(26)24-16-13-20(14-17-24)19-6-3-2-4-7-19/h2-4,6-7,9-12,20,22H,5,8,13-17H2,1H3. The molecule has 1 unspecified atom stereocenters. The van der Waals surface area contributed by atoms with Crippen LogP contribution in [0.25, 0.3) is 0 Å². The molecule has 0 bridgehead atoms. The van der Waals surface area contributed by atoms with Crippen LogP contribution in [0.1, 0.15) is 42.7 Å². The molecule has 0 saturated carbocycles. The van der Waals surface area contributed by atoms with E-state index in [1.165, 1.54) is 9.87 Å². The van der Waals surface area contributed by atoms with E-state index in [0.29, 0.717) is 32.0 Å². The first kappa shape index (κ1) is 20.1. The summed E-state index contributed by atoms with van der Waals surface area (Å²) in [5.74, 6) is 0.431. The number of nitrogens with zero attached hydrogens (tertiary/aromatic N) is 2. The van der Waals surface area contributed by atoms with Gasteiger partial charge in [0.25, 0.3) is 0 Å². The van der Waals surface area contributed by atoms with E-state index >= 15 is 0 Å². The largest absolute Gasteiger partial charge is 0.341 e. The van der Waals surface area contributed by atoms with Crippen LogP contribution in [0, 0.1) is 6.92 Å². The summed E-state index contributed by atoms with van der Waals surface area (Å²) in [7, 11) is -3.66. The normalized spacial score (nSPS) is 21.4. The van der Waals surface area contributed by atoms with Crippen LogP contribution in [0.2, 0.25) is 0 Å². The van der Waals surface area contributed by atoms with Gasteiger partial charge in [-0.05, 0) is 56.2 Å². The average Bonchev–Trinajstić information content (AvgIpc) is 3.25. The Kier molecular flexibility index (Phi) is 5.74. The summed E-state index contributed by atoms with van der Waals surface area (Å²) in [5.41, 5.74) is 2.34. The van der Waals surface area contributed by atoms with Crippen molar-refractivity contribution in [2.75, 3.05) is 19.6 Å². The molecule has 0 spiro atoms. The van der Waals surface area contributed by atoms with Gasteiger partial charge < -0.3 is 4.90 Å². The Morgan fingerprint density at radius 3 is 2.21 bits per heavy atom. The summed E-state index contributed by atoms with van der Waals surface area (Å²) in [4.78, 5) is 15.3. The third-order valence-corrected chi connectivity index (χ3v) is 8.12. The first-order valence-corrected chi connectivity index (χ1v) is 11.8. The zero-order valence-electron chi connectivity index (χ0n) is 16.8. The number of aryl methyl sites for hydroxylation is 1. The van der Waals surface area contributed by atoms with Crippen molar-refractivity contribution < 1.29 is 13.2 Å². The molecule has 4 rings (SSSR count). The molecule has 0 radical (unpaired) electrons. The van der Waals surface area contributed by atoms with Gasteiger partial charge in [0.05, 0.1) is 4.90 Å². The summed E-state index contributed by atoms with van der Waals surface area (Å²) in [6.07, 6.45) is 3.17. The molecule has 2 aromatic rings. The van der Waals surface area contributed by atoms with Crippen LogP contribution >= 0.6 is 0 Å². The highest BCUT2D eigenvalue weighted by Gasteiger charge is 2.41. The van der Waals surface area contributed by atoms with Gasteiger partial charge in [-0.25, -0.2) is 8.42 Å². The van der Waals surface area contributed by atoms with Gasteiger partial charge >= 0.3 is 0 Å². The Bertz CT molecular complexity index is 949. The van der Waals surface area contributed by atoms with Crippen LogP contribution in [-0.4, -0.2) is 49.2 Å². The quantitative estimate of drug-likeness (QED) is 0.772. The molecule has 2 fully saturated rings. The van der Waals surface area contributed by atoms with Crippen molar-refractivity contribution in [1.29, 1.82) is 0 Å². The van der Waals surface area contributed by atoms with Crippen LogP contribution < -0.4 is 0 Å². The Hall–Kier alpha value is -2.18. The van der Waals surface area contributed by atoms with Crippen LogP contribution in [0.4, 0.5) is 0 Å². The Morgan fingerprint density at radius 2 is 1.55 bits per heavy atom. The number of carbonyl (C=O) groups is 1. The highest BCUT2D eigenvalue weighted by molar-refractivity contribution is 7.89. The van der Waals surface area contributed by atoms with Gasteiger partial charge in [-0.1, -0.05) is 48.0 Å². The lowest BCUT2D eigenvalue weighted by Gasteiger charge is -2.35. The molecule has 1 amide bonds. The zero-order valence-corrected chi connectivity index (χ0v) is 17.6. The Labute approximate surface area is 173 Å². The second-order valence-electron chi connectivity index (χ2n) is 8.10. The molecule has 5 nitrogen and oxygen atoms in total. The fraction of sp³-hybridized carbons (Fsp3) is 0.435. The maximum Gasteiger partial charge on any atom is 0.243 e.